The van der Waals surface area contributed by atoms with Gasteiger partial charge in [-0.15, -0.1) is 0 Å². The minimum atomic E-state index is -1.14. The van der Waals surface area contributed by atoms with Crippen LogP contribution in [0.2, 0.25) is 0 Å². The lowest BCUT2D eigenvalue weighted by Crippen LogP contribution is -2.33. The topological polar surface area (TPSA) is 156 Å². The fourth-order valence-corrected chi connectivity index (χ4v) is 4.44. The van der Waals surface area contributed by atoms with E-state index in [1.54, 1.807) is 36.2 Å². The number of likely N-dealkylation sites (N-methyl/N-ethyl adjacent to an activating group) is 1. The van der Waals surface area contributed by atoms with Gasteiger partial charge in [-0.2, -0.15) is 10.5 Å². The van der Waals surface area contributed by atoms with Crippen LogP contribution in [0.1, 0.15) is 46.3 Å². The monoisotopic (exact) mass is 450 g/mol. The molecule has 1 aromatic carbocycles. The molecule has 2 amide bonds. The third-order valence-electron chi connectivity index (χ3n) is 5.07. The van der Waals surface area contributed by atoms with Crippen LogP contribution in [0, 0.1) is 22.7 Å². The van der Waals surface area contributed by atoms with Gasteiger partial charge in [-0.1, -0.05) is 42.1 Å². The zero-order valence-electron chi connectivity index (χ0n) is 17.4. The Labute approximate surface area is 189 Å². The summed E-state index contributed by atoms with van der Waals surface area (Å²) in [5.74, 6) is -0.140. The number of thioether (sulfide) groups is 1. The van der Waals surface area contributed by atoms with E-state index in [0.29, 0.717) is 27.5 Å². The van der Waals surface area contributed by atoms with Crippen molar-refractivity contribution >= 4 is 29.6 Å². The Bertz CT molecular complexity index is 1110. The summed E-state index contributed by atoms with van der Waals surface area (Å²) in [4.78, 5) is 29.3. The molecule has 1 fully saturated rings. The Morgan fingerprint density at radius 1 is 1.28 bits per heavy atom. The first kappa shape index (κ1) is 22.9. The predicted molar refractivity (Wildman–Crippen MR) is 119 cm³/mol. The van der Waals surface area contributed by atoms with Crippen molar-refractivity contribution in [3.63, 3.8) is 0 Å². The van der Waals surface area contributed by atoms with Gasteiger partial charge in [0.1, 0.15) is 28.2 Å². The van der Waals surface area contributed by atoms with Gasteiger partial charge in [-0.25, -0.2) is 9.78 Å². The molecular weight excluding hydrogens is 428 g/mol. The minimum absolute atomic E-state index is 0.0784. The molecule has 1 unspecified atom stereocenters. The third kappa shape index (κ3) is 5.10. The Morgan fingerprint density at radius 3 is 2.47 bits per heavy atom. The van der Waals surface area contributed by atoms with Gasteiger partial charge in [0.2, 0.25) is 5.91 Å². The van der Waals surface area contributed by atoms with Crippen molar-refractivity contribution in [2.45, 2.75) is 29.0 Å². The molecule has 1 aliphatic rings. The second-order valence-electron chi connectivity index (χ2n) is 7.37. The van der Waals surface area contributed by atoms with Crippen LogP contribution in [0.3, 0.4) is 0 Å². The molecule has 1 heterocycles. The first-order valence-electron chi connectivity index (χ1n) is 9.94. The van der Waals surface area contributed by atoms with Crippen LogP contribution < -0.4 is 16.0 Å². The Morgan fingerprint density at radius 2 is 1.94 bits per heavy atom. The summed E-state index contributed by atoms with van der Waals surface area (Å²) in [7, 11) is 1.70. The number of carboxylic acid groups (broad SMARTS) is 1. The summed E-state index contributed by atoms with van der Waals surface area (Å²) in [5.41, 5.74) is 7.59. The maximum absolute atomic E-state index is 12.2. The van der Waals surface area contributed by atoms with Crippen LogP contribution in [0.4, 0.5) is 10.6 Å². The number of nitrogens with zero attached hydrogens (tertiary/aromatic N) is 4. The number of hydrogen-bond donors (Lipinski definition) is 3. The molecule has 0 bridgehead atoms. The van der Waals surface area contributed by atoms with Gasteiger partial charge >= 0.3 is 6.09 Å². The predicted octanol–water partition coefficient (Wildman–Crippen LogP) is 2.72. The van der Waals surface area contributed by atoms with Crippen molar-refractivity contribution < 1.29 is 14.7 Å². The number of amides is 2. The van der Waals surface area contributed by atoms with E-state index in [4.69, 9.17) is 10.8 Å². The molecule has 1 aromatic heterocycles. The van der Waals surface area contributed by atoms with Gasteiger partial charge in [-0.05, 0) is 29.9 Å². The van der Waals surface area contributed by atoms with Crippen LogP contribution in [0.15, 0.2) is 35.4 Å². The fourth-order valence-electron chi connectivity index (χ4n) is 3.39. The number of nitrogens with two attached hydrogens (primary N) is 1. The van der Waals surface area contributed by atoms with E-state index < -0.39 is 17.3 Å². The van der Waals surface area contributed by atoms with Crippen molar-refractivity contribution in [2.75, 3.05) is 25.0 Å². The molecule has 164 valence electrons. The maximum Gasteiger partial charge on any atom is 0.404 e. The lowest BCUT2D eigenvalue weighted by molar-refractivity contribution is -0.117. The third-order valence-corrected chi connectivity index (χ3v) is 6.33. The van der Waals surface area contributed by atoms with Crippen LogP contribution in [0.25, 0.3) is 0 Å². The summed E-state index contributed by atoms with van der Waals surface area (Å²) >= 11 is 1.09. The fraction of sp³-hybridized carbons (Fsp3) is 0.318. The average molecular weight is 451 g/mol. The van der Waals surface area contributed by atoms with Gasteiger partial charge < -0.3 is 21.1 Å². The molecule has 3 rings (SSSR count). The Hall–Kier alpha value is -3.76. The van der Waals surface area contributed by atoms with E-state index in [0.717, 1.165) is 24.6 Å². The van der Waals surface area contributed by atoms with E-state index in [1.807, 2.05) is 6.07 Å². The van der Waals surface area contributed by atoms with Gasteiger partial charge in [0.25, 0.3) is 0 Å². The first-order valence-corrected chi connectivity index (χ1v) is 10.8. The number of carbonyl (C=O) groups is 2. The van der Waals surface area contributed by atoms with Gasteiger partial charge in [-0.3, -0.25) is 4.79 Å². The molecule has 0 aliphatic heterocycles. The van der Waals surface area contributed by atoms with E-state index >= 15 is 0 Å². The number of rotatable bonds is 9. The van der Waals surface area contributed by atoms with Crippen LogP contribution in [-0.4, -0.2) is 42.2 Å². The van der Waals surface area contributed by atoms with E-state index in [9.17, 15) is 20.1 Å². The van der Waals surface area contributed by atoms with Gasteiger partial charge in [0, 0.05) is 20.1 Å². The van der Waals surface area contributed by atoms with Crippen LogP contribution >= 0.6 is 11.8 Å². The average Bonchev–Trinajstić information content (AvgIpc) is 3.61. The lowest BCUT2D eigenvalue weighted by atomic mass is 10.00. The molecule has 0 radical (unpaired) electrons. The van der Waals surface area contributed by atoms with Crippen molar-refractivity contribution in [3.05, 3.63) is 52.6 Å². The second-order valence-corrected chi connectivity index (χ2v) is 8.46. The normalized spacial score (nSPS) is 13.5. The minimum Gasteiger partial charge on any atom is -0.465 e. The molecule has 1 atom stereocenters. The van der Waals surface area contributed by atoms with Crippen LogP contribution in [0.5, 0.6) is 0 Å². The highest BCUT2D eigenvalue weighted by Gasteiger charge is 2.34. The van der Waals surface area contributed by atoms with E-state index in [-0.39, 0.29) is 24.6 Å². The van der Waals surface area contributed by atoms with Crippen LogP contribution in [-0.2, 0) is 4.79 Å². The number of nitriles is 2. The number of nitrogens with one attached hydrogen (secondary N) is 1. The highest BCUT2D eigenvalue weighted by Crippen LogP contribution is 2.48. The lowest BCUT2D eigenvalue weighted by Gasteiger charge is -2.23. The summed E-state index contributed by atoms with van der Waals surface area (Å²) in [5, 5.41) is 30.5. The van der Waals surface area contributed by atoms with E-state index in [2.05, 4.69) is 22.4 Å². The highest BCUT2D eigenvalue weighted by molar-refractivity contribution is 8.00. The molecule has 4 N–H and O–H groups in total. The molecule has 32 heavy (non-hydrogen) atoms. The van der Waals surface area contributed by atoms with Crippen molar-refractivity contribution in [1.82, 2.24) is 10.3 Å². The molecule has 1 aliphatic carbocycles. The van der Waals surface area contributed by atoms with Gasteiger partial charge in [0.05, 0.1) is 11.1 Å². The van der Waals surface area contributed by atoms with E-state index in [1.165, 1.54) is 0 Å². The molecule has 10 heteroatoms. The zero-order chi connectivity index (χ0) is 23.3. The number of primary amides is 1. The standard InChI is InChI=1S/C22H22N6O3S/c1-28(10-9-26-22(30)31)20-15(11-23)17(13-7-8-13)16(12-24)21(27-20)32-18(19(25)29)14-5-3-2-4-6-14/h2-6,13,18,26H,7-10H2,1H3,(H2,25,29)(H,30,31). The summed E-state index contributed by atoms with van der Waals surface area (Å²) in [6.07, 6.45) is 0.576. The smallest absolute Gasteiger partial charge is 0.404 e. The SMILES string of the molecule is CN(CCNC(=O)O)c1nc(SC(C(N)=O)c2ccccc2)c(C#N)c(C2CC2)c1C#N. The van der Waals surface area contributed by atoms with Gasteiger partial charge in [0.15, 0.2) is 0 Å². The molecule has 2 aromatic rings. The number of hydrogen-bond acceptors (Lipinski definition) is 7. The summed E-state index contributed by atoms with van der Waals surface area (Å²) in [6.45, 7) is 0.402. The summed E-state index contributed by atoms with van der Waals surface area (Å²) < 4.78 is 0. The number of anilines is 1. The number of benzene rings is 1. The molecule has 9 nitrogen and oxygen atoms in total. The Kier molecular flexibility index (Phi) is 7.18. The maximum atomic E-state index is 12.2. The zero-order valence-corrected chi connectivity index (χ0v) is 18.2. The number of carbonyl (C=O) groups excluding carboxylic acids is 1. The second kappa shape index (κ2) is 10.0. The quantitative estimate of drug-likeness (QED) is 0.492. The Balaban J connectivity index is 2.08. The molecule has 1 saturated carbocycles. The van der Waals surface area contributed by atoms with Crippen molar-refractivity contribution in [1.29, 1.82) is 10.5 Å². The largest absolute Gasteiger partial charge is 0.465 e. The molecule has 0 spiro atoms. The first-order chi connectivity index (χ1) is 15.4. The molecule has 0 saturated heterocycles. The summed E-state index contributed by atoms with van der Waals surface area (Å²) in [6, 6.07) is 13.4. The van der Waals surface area contributed by atoms with Crippen molar-refractivity contribution in [2.24, 2.45) is 5.73 Å². The number of aromatic nitrogens is 1. The number of pyridine rings is 1. The highest BCUT2D eigenvalue weighted by atomic mass is 32.2. The van der Waals surface area contributed by atoms with Crippen molar-refractivity contribution in [3.8, 4) is 12.1 Å². The molecular formula is C22H22N6O3S.